The van der Waals surface area contributed by atoms with Crippen molar-refractivity contribution in [2.45, 2.75) is 37.8 Å². The number of anilines is 1. The van der Waals surface area contributed by atoms with E-state index in [1.807, 2.05) is 11.9 Å². The molecule has 19 heavy (non-hydrogen) atoms. The Morgan fingerprint density at radius 1 is 1.47 bits per heavy atom. The first-order valence-electron chi connectivity index (χ1n) is 6.48. The average molecular weight is 264 g/mol. The van der Waals surface area contributed by atoms with Crippen molar-refractivity contribution in [3.8, 4) is 0 Å². The molecule has 0 spiro atoms. The fraction of sp³-hybridized carbons (Fsp3) is 0.538. The monoisotopic (exact) mass is 264 g/mol. The molecule has 1 heterocycles. The highest BCUT2D eigenvalue weighted by Crippen LogP contribution is 2.28. The number of likely N-dealkylation sites (N-methyl/N-ethyl adjacent to an activating group) is 1. The molecule has 0 bridgehead atoms. The molecule has 0 radical (unpaired) electrons. The Morgan fingerprint density at radius 3 is 2.89 bits per heavy atom. The van der Waals surface area contributed by atoms with Gasteiger partial charge in [-0.2, -0.15) is 0 Å². The zero-order chi connectivity index (χ0) is 13.8. The predicted octanol–water partition coefficient (Wildman–Crippen LogP) is 0.916. The minimum atomic E-state index is -0.348. The smallest absolute Gasteiger partial charge is 0.172 e. The number of oxime groups is 1. The Bertz CT molecular complexity index is 464. The molecule has 2 unspecified atom stereocenters. The van der Waals surface area contributed by atoms with Crippen molar-refractivity contribution in [3.05, 3.63) is 24.0 Å². The van der Waals surface area contributed by atoms with E-state index in [0.717, 1.165) is 31.4 Å². The highest BCUT2D eigenvalue weighted by Gasteiger charge is 2.28. The van der Waals surface area contributed by atoms with E-state index in [1.165, 1.54) is 0 Å². The first kappa shape index (κ1) is 13.6. The number of hydrogen-bond acceptors (Lipinski definition) is 5. The summed E-state index contributed by atoms with van der Waals surface area (Å²) in [6, 6.07) is 1.75. The summed E-state index contributed by atoms with van der Waals surface area (Å²) in [4.78, 5) is 6.06. The van der Waals surface area contributed by atoms with Gasteiger partial charge in [-0.15, -0.1) is 0 Å². The van der Waals surface area contributed by atoms with Crippen molar-refractivity contribution >= 4 is 11.5 Å². The van der Waals surface area contributed by atoms with Crippen molar-refractivity contribution in [2.75, 3.05) is 11.9 Å². The molecule has 1 aromatic heterocycles. The van der Waals surface area contributed by atoms with Crippen LogP contribution in [-0.4, -0.2) is 40.3 Å². The van der Waals surface area contributed by atoms with Gasteiger partial charge < -0.3 is 20.9 Å². The number of pyridine rings is 1. The fourth-order valence-electron chi connectivity index (χ4n) is 2.66. The van der Waals surface area contributed by atoms with Crippen LogP contribution in [0.2, 0.25) is 0 Å². The largest absolute Gasteiger partial charge is 0.409 e. The minimum Gasteiger partial charge on any atom is -0.409 e. The summed E-state index contributed by atoms with van der Waals surface area (Å²) in [6.07, 6.45) is 6.84. The summed E-state index contributed by atoms with van der Waals surface area (Å²) < 4.78 is 0. The van der Waals surface area contributed by atoms with Crippen LogP contribution in [-0.2, 0) is 0 Å². The second-order valence-electron chi connectivity index (χ2n) is 4.91. The molecule has 0 aliphatic heterocycles. The van der Waals surface area contributed by atoms with Gasteiger partial charge in [0.05, 0.1) is 24.0 Å². The first-order chi connectivity index (χ1) is 9.15. The molecule has 1 aliphatic carbocycles. The minimum absolute atomic E-state index is 0.0446. The molecule has 1 aliphatic rings. The summed E-state index contributed by atoms with van der Waals surface area (Å²) in [7, 11) is 1.91. The summed E-state index contributed by atoms with van der Waals surface area (Å²) in [5.74, 6) is 0.0505. The lowest BCUT2D eigenvalue weighted by Crippen LogP contribution is -2.44. The molecule has 1 fully saturated rings. The summed E-state index contributed by atoms with van der Waals surface area (Å²) in [5, 5.41) is 22.0. The van der Waals surface area contributed by atoms with Crippen LogP contribution in [0.4, 0.5) is 5.69 Å². The Morgan fingerprint density at radius 2 is 2.21 bits per heavy atom. The highest BCUT2D eigenvalue weighted by atomic mass is 16.4. The lowest BCUT2D eigenvalue weighted by atomic mass is 9.91. The lowest BCUT2D eigenvalue weighted by Gasteiger charge is -2.37. The second kappa shape index (κ2) is 5.88. The zero-order valence-electron chi connectivity index (χ0n) is 11.0. The molecule has 0 aromatic carbocycles. The molecule has 0 saturated heterocycles. The molecule has 6 heteroatoms. The molecular formula is C13H20N4O2. The number of nitrogens with two attached hydrogens (primary N) is 1. The topological polar surface area (TPSA) is 95.0 Å². The van der Waals surface area contributed by atoms with E-state index in [2.05, 4.69) is 10.1 Å². The summed E-state index contributed by atoms with van der Waals surface area (Å²) in [6.45, 7) is 0. The van der Waals surface area contributed by atoms with Crippen LogP contribution in [0.3, 0.4) is 0 Å². The standard InChI is InChI=1S/C13H20N4O2/c1-17(10-4-2-3-5-12(10)18)11-8-15-7-6-9(11)13(14)16-19/h6-8,10,12,18-19H,2-5H2,1H3,(H2,14,16). The van der Waals surface area contributed by atoms with Gasteiger partial charge in [-0.05, 0) is 18.9 Å². The van der Waals surface area contributed by atoms with Gasteiger partial charge in [-0.3, -0.25) is 4.98 Å². The maximum atomic E-state index is 10.1. The number of amidine groups is 1. The predicted molar refractivity (Wildman–Crippen MR) is 73.4 cm³/mol. The van der Waals surface area contributed by atoms with Crippen molar-refractivity contribution in [2.24, 2.45) is 10.9 Å². The van der Waals surface area contributed by atoms with E-state index in [0.29, 0.717) is 5.56 Å². The average Bonchev–Trinajstić information content (AvgIpc) is 2.46. The van der Waals surface area contributed by atoms with E-state index in [-0.39, 0.29) is 18.0 Å². The van der Waals surface area contributed by atoms with E-state index in [9.17, 15) is 5.11 Å². The van der Waals surface area contributed by atoms with Crippen LogP contribution in [0.25, 0.3) is 0 Å². The Hall–Kier alpha value is -1.82. The van der Waals surface area contributed by atoms with Crippen LogP contribution in [0.5, 0.6) is 0 Å². The van der Waals surface area contributed by atoms with Crippen molar-refractivity contribution in [3.63, 3.8) is 0 Å². The fourth-order valence-corrected chi connectivity index (χ4v) is 2.66. The van der Waals surface area contributed by atoms with Crippen LogP contribution in [0, 0.1) is 0 Å². The number of aromatic nitrogens is 1. The number of hydrogen-bond donors (Lipinski definition) is 3. The third kappa shape index (κ3) is 2.78. The second-order valence-corrected chi connectivity index (χ2v) is 4.91. The Kier molecular flexibility index (Phi) is 4.21. The summed E-state index contributed by atoms with van der Waals surface area (Å²) in [5.41, 5.74) is 7.07. The van der Waals surface area contributed by atoms with Crippen molar-refractivity contribution in [1.29, 1.82) is 0 Å². The normalized spacial score (nSPS) is 24.2. The van der Waals surface area contributed by atoms with Crippen LogP contribution < -0.4 is 10.6 Å². The van der Waals surface area contributed by atoms with Gasteiger partial charge in [-0.25, -0.2) is 0 Å². The van der Waals surface area contributed by atoms with E-state index in [4.69, 9.17) is 10.9 Å². The van der Waals surface area contributed by atoms with Crippen LogP contribution in [0.1, 0.15) is 31.2 Å². The van der Waals surface area contributed by atoms with Gasteiger partial charge in [-0.1, -0.05) is 18.0 Å². The summed E-state index contributed by atoms with van der Waals surface area (Å²) >= 11 is 0. The molecule has 1 saturated carbocycles. The van der Waals surface area contributed by atoms with Gasteiger partial charge in [0, 0.05) is 18.8 Å². The Labute approximate surface area is 112 Å². The van der Waals surface area contributed by atoms with Crippen molar-refractivity contribution in [1.82, 2.24) is 4.98 Å². The van der Waals surface area contributed by atoms with Gasteiger partial charge in [0.1, 0.15) is 0 Å². The molecule has 6 nitrogen and oxygen atoms in total. The molecule has 104 valence electrons. The number of aliphatic hydroxyl groups excluding tert-OH is 1. The third-order valence-corrected chi connectivity index (χ3v) is 3.76. The zero-order valence-corrected chi connectivity index (χ0v) is 11.0. The molecule has 2 rings (SSSR count). The lowest BCUT2D eigenvalue weighted by molar-refractivity contribution is 0.106. The van der Waals surface area contributed by atoms with E-state index in [1.54, 1.807) is 18.5 Å². The Balaban J connectivity index is 2.30. The number of aliphatic hydroxyl groups is 1. The molecule has 2 atom stereocenters. The number of rotatable bonds is 3. The van der Waals surface area contributed by atoms with E-state index < -0.39 is 0 Å². The molecular weight excluding hydrogens is 244 g/mol. The van der Waals surface area contributed by atoms with Gasteiger partial charge >= 0.3 is 0 Å². The first-order valence-corrected chi connectivity index (χ1v) is 6.48. The molecule has 4 N–H and O–H groups in total. The highest BCUT2D eigenvalue weighted by molar-refractivity contribution is 6.02. The van der Waals surface area contributed by atoms with Crippen molar-refractivity contribution < 1.29 is 10.3 Å². The van der Waals surface area contributed by atoms with Gasteiger partial charge in [0.2, 0.25) is 0 Å². The van der Waals surface area contributed by atoms with Gasteiger partial charge in [0.15, 0.2) is 5.84 Å². The van der Waals surface area contributed by atoms with E-state index >= 15 is 0 Å². The third-order valence-electron chi connectivity index (χ3n) is 3.76. The SMILES string of the molecule is CN(c1cnccc1/C(N)=N/O)C1CCCCC1O. The molecule has 1 aromatic rings. The maximum absolute atomic E-state index is 10.1. The van der Waals surface area contributed by atoms with Crippen LogP contribution in [0.15, 0.2) is 23.6 Å². The van der Waals surface area contributed by atoms with Gasteiger partial charge in [0.25, 0.3) is 0 Å². The number of nitrogens with zero attached hydrogens (tertiary/aromatic N) is 3. The quantitative estimate of drug-likeness (QED) is 0.326. The van der Waals surface area contributed by atoms with Crippen LogP contribution >= 0.6 is 0 Å². The molecule has 0 amide bonds. The maximum Gasteiger partial charge on any atom is 0.172 e.